The molecular formula is C15H16F2N2O3S2. The van der Waals surface area contributed by atoms with Gasteiger partial charge in [-0.1, -0.05) is 18.7 Å². The van der Waals surface area contributed by atoms with Crippen molar-refractivity contribution in [2.45, 2.75) is 31.1 Å². The number of anilines is 1. The van der Waals surface area contributed by atoms with Crippen molar-refractivity contribution in [1.29, 1.82) is 0 Å². The van der Waals surface area contributed by atoms with E-state index in [1.807, 2.05) is 6.92 Å². The zero-order chi connectivity index (χ0) is 17.5. The van der Waals surface area contributed by atoms with E-state index >= 15 is 0 Å². The Hall–Kier alpha value is -1.48. The number of benzene rings is 1. The number of amidine groups is 1. The van der Waals surface area contributed by atoms with Crippen LogP contribution in [-0.4, -0.2) is 42.3 Å². The quantitative estimate of drug-likeness (QED) is 0.813. The molecule has 2 atom stereocenters. The van der Waals surface area contributed by atoms with Gasteiger partial charge in [0.05, 0.1) is 23.2 Å². The van der Waals surface area contributed by atoms with Gasteiger partial charge in [0.15, 0.2) is 15.0 Å². The second-order valence-corrected chi connectivity index (χ2v) is 9.16. The number of fused-ring (bicyclic) bond motifs is 1. The molecule has 0 spiro atoms. The minimum atomic E-state index is -3.23. The molecule has 1 amide bonds. The predicted molar refractivity (Wildman–Crippen MR) is 90.0 cm³/mol. The number of amides is 1. The molecule has 0 radical (unpaired) electrons. The van der Waals surface area contributed by atoms with Gasteiger partial charge in [-0.3, -0.25) is 4.79 Å². The highest BCUT2D eigenvalue weighted by molar-refractivity contribution is 8.16. The van der Waals surface area contributed by atoms with Crippen LogP contribution in [0.2, 0.25) is 0 Å². The SMILES string of the molecule is CCCC(=O)N=C1S[C@@H]2CS(=O)(=O)C[C@H]2N1c1ccc(F)cc1F. The van der Waals surface area contributed by atoms with E-state index < -0.39 is 27.5 Å². The van der Waals surface area contributed by atoms with Gasteiger partial charge in [-0.05, 0) is 18.6 Å². The van der Waals surface area contributed by atoms with E-state index in [4.69, 9.17) is 0 Å². The number of halogens is 2. The first-order valence-corrected chi connectivity index (χ1v) is 10.2. The Morgan fingerprint density at radius 2 is 2.12 bits per heavy atom. The van der Waals surface area contributed by atoms with Crippen LogP contribution < -0.4 is 4.90 Å². The molecule has 2 aliphatic rings. The normalized spacial score (nSPS) is 26.8. The predicted octanol–water partition coefficient (Wildman–Crippen LogP) is 2.37. The first-order valence-electron chi connectivity index (χ1n) is 7.53. The van der Waals surface area contributed by atoms with Crippen molar-refractivity contribution >= 4 is 38.4 Å². The lowest BCUT2D eigenvalue weighted by atomic mass is 10.2. The first kappa shape index (κ1) is 17.3. The Bertz CT molecular complexity index is 811. The monoisotopic (exact) mass is 374 g/mol. The van der Waals surface area contributed by atoms with E-state index in [0.717, 1.165) is 12.1 Å². The van der Waals surface area contributed by atoms with Crippen molar-refractivity contribution in [2.24, 2.45) is 4.99 Å². The van der Waals surface area contributed by atoms with Crippen molar-refractivity contribution < 1.29 is 22.0 Å². The average molecular weight is 374 g/mol. The van der Waals surface area contributed by atoms with Crippen molar-refractivity contribution in [3.8, 4) is 0 Å². The van der Waals surface area contributed by atoms with E-state index in [1.165, 1.54) is 22.7 Å². The van der Waals surface area contributed by atoms with Crippen molar-refractivity contribution in [3.05, 3.63) is 29.8 Å². The standard InChI is InChI=1S/C15H16F2N2O3S2/c1-2-3-14(20)18-15-19(11-5-4-9(16)6-10(11)17)12-7-24(21,22)8-13(12)23-15/h4-6,12-13H,2-3,7-8H2,1H3/t12-,13-/m1/s1. The molecule has 2 aliphatic heterocycles. The van der Waals surface area contributed by atoms with Gasteiger partial charge >= 0.3 is 0 Å². The van der Waals surface area contributed by atoms with Crippen LogP contribution in [0.1, 0.15) is 19.8 Å². The zero-order valence-corrected chi connectivity index (χ0v) is 14.5. The summed E-state index contributed by atoms with van der Waals surface area (Å²) in [6.07, 6.45) is 0.893. The second-order valence-electron chi connectivity index (χ2n) is 5.80. The number of nitrogens with zero attached hydrogens (tertiary/aromatic N) is 2. The van der Waals surface area contributed by atoms with Gasteiger partial charge in [0.1, 0.15) is 11.6 Å². The largest absolute Gasteiger partial charge is 0.313 e. The number of sulfone groups is 1. The highest BCUT2D eigenvalue weighted by atomic mass is 32.2. The van der Waals surface area contributed by atoms with Gasteiger partial charge in [-0.2, -0.15) is 4.99 Å². The van der Waals surface area contributed by atoms with Crippen molar-refractivity contribution in [1.82, 2.24) is 0 Å². The number of rotatable bonds is 3. The molecule has 0 aliphatic carbocycles. The Morgan fingerprint density at radius 1 is 1.38 bits per heavy atom. The number of aliphatic imine (C=N–C) groups is 1. The fourth-order valence-corrected chi connectivity index (χ4v) is 6.82. The van der Waals surface area contributed by atoms with Crippen LogP contribution in [0.3, 0.4) is 0 Å². The van der Waals surface area contributed by atoms with Gasteiger partial charge in [-0.15, -0.1) is 0 Å². The summed E-state index contributed by atoms with van der Waals surface area (Å²) in [5.74, 6) is -2.05. The molecular weight excluding hydrogens is 358 g/mol. The maximum absolute atomic E-state index is 14.2. The summed E-state index contributed by atoms with van der Waals surface area (Å²) in [5, 5.41) is -0.0310. The lowest BCUT2D eigenvalue weighted by Crippen LogP contribution is -2.38. The maximum atomic E-state index is 14.2. The van der Waals surface area contributed by atoms with Crippen LogP contribution in [0.5, 0.6) is 0 Å². The van der Waals surface area contributed by atoms with Crippen LogP contribution in [0.15, 0.2) is 23.2 Å². The van der Waals surface area contributed by atoms with E-state index in [9.17, 15) is 22.0 Å². The molecule has 1 aromatic carbocycles. The third-order valence-electron chi connectivity index (χ3n) is 3.92. The summed E-state index contributed by atoms with van der Waals surface area (Å²) in [7, 11) is -3.23. The number of carbonyl (C=O) groups is 1. The molecule has 24 heavy (non-hydrogen) atoms. The van der Waals surface area contributed by atoms with Gasteiger partial charge in [0, 0.05) is 17.7 Å². The summed E-state index contributed by atoms with van der Waals surface area (Å²) in [5.41, 5.74) is 0.0385. The maximum Gasteiger partial charge on any atom is 0.248 e. The Kier molecular flexibility index (Phi) is 4.65. The molecule has 2 heterocycles. The summed E-state index contributed by atoms with van der Waals surface area (Å²) in [6, 6.07) is 2.58. The topological polar surface area (TPSA) is 66.8 Å². The Balaban J connectivity index is 2.03. The third kappa shape index (κ3) is 3.32. The lowest BCUT2D eigenvalue weighted by Gasteiger charge is -2.24. The highest BCUT2D eigenvalue weighted by Crippen LogP contribution is 2.41. The van der Waals surface area contributed by atoms with Crippen LogP contribution >= 0.6 is 11.8 Å². The highest BCUT2D eigenvalue weighted by Gasteiger charge is 2.49. The van der Waals surface area contributed by atoms with Gasteiger partial charge in [0.25, 0.3) is 0 Å². The van der Waals surface area contributed by atoms with E-state index in [0.29, 0.717) is 6.42 Å². The second kappa shape index (κ2) is 6.44. The van der Waals surface area contributed by atoms with E-state index in [-0.39, 0.29) is 39.9 Å². The number of thioether (sulfide) groups is 1. The molecule has 5 nitrogen and oxygen atoms in total. The summed E-state index contributed by atoms with van der Waals surface area (Å²) >= 11 is 1.17. The Labute approximate surface area is 143 Å². The zero-order valence-electron chi connectivity index (χ0n) is 12.9. The van der Waals surface area contributed by atoms with Gasteiger partial charge < -0.3 is 4.90 Å². The molecule has 2 saturated heterocycles. The van der Waals surface area contributed by atoms with Crippen molar-refractivity contribution in [2.75, 3.05) is 16.4 Å². The van der Waals surface area contributed by atoms with Gasteiger partial charge in [-0.25, -0.2) is 17.2 Å². The molecule has 0 aromatic heterocycles. The molecule has 0 saturated carbocycles. The first-order chi connectivity index (χ1) is 11.3. The molecule has 2 fully saturated rings. The lowest BCUT2D eigenvalue weighted by molar-refractivity contribution is -0.117. The molecule has 1 aromatic rings. The molecule has 3 rings (SSSR count). The minimum absolute atomic E-state index is 0.0385. The van der Waals surface area contributed by atoms with Crippen LogP contribution in [0.25, 0.3) is 0 Å². The fourth-order valence-electron chi connectivity index (χ4n) is 2.90. The molecule has 0 unspecified atom stereocenters. The Morgan fingerprint density at radius 3 is 2.79 bits per heavy atom. The minimum Gasteiger partial charge on any atom is -0.313 e. The van der Waals surface area contributed by atoms with Gasteiger partial charge in [0.2, 0.25) is 5.91 Å². The molecule has 0 bridgehead atoms. The molecule has 0 N–H and O–H groups in total. The summed E-state index contributed by atoms with van der Waals surface area (Å²) in [6.45, 7) is 1.85. The number of hydrogen-bond acceptors (Lipinski definition) is 4. The number of hydrogen-bond donors (Lipinski definition) is 0. The van der Waals surface area contributed by atoms with E-state index in [1.54, 1.807) is 0 Å². The molecule has 130 valence electrons. The van der Waals surface area contributed by atoms with Crippen LogP contribution in [-0.2, 0) is 14.6 Å². The summed E-state index contributed by atoms with van der Waals surface area (Å²) in [4.78, 5) is 17.3. The third-order valence-corrected chi connectivity index (χ3v) is 7.13. The number of carbonyl (C=O) groups excluding carboxylic acids is 1. The van der Waals surface area contributed by atoms with E-state index in [2.05, 4.69) is 4.99 Å². The van der Waals surface area contributed by atoms with Crippen LogP contribution in [0.4, 0.5) is 14.5 Å². The van der Waals surface area contributed by atoms with Crippen LogP contribution in [0, 0.1) is 11.6 Å². The average Bonchev–Trinajstić information content (AvgIpc) is 2.91. The fraction of sp³-hybridized carbons (Fsp3) is 0.467. The summed E-state index contributed by atoms with van der Waals surface area (Å²) < 4.78 is 51.2. The smallest absolute Gasteiger partial charge is 0.248 e. The van der Waals surface area contributed by atoms with Crippen molar-refractivity contribution in [3.63, 3.8) is 0 Å². The molecule has 9 heteroatoms.